The molecule has 0 atom stereocenters. The molecule has 1 N–H and O–H groups in total. The van der Waals surface area contributed by atoms with Crippen molar-refractivity contribution in [2.75, 3.05) is 0 Å². The number of rotatable bonds is 3. The fourth-order valence-electron chi connectivity index (χ4n) is 1.14. The molecule has 1 aromatic carbocycles. The lowest BCUT2D eigenvalue weighted by Gasteiger charge is -2.05. The molecule has 0 fully saturated rings. The quantitative estimate of drug-likeness (QED) is 0.920. The Kier molecular flexibility index (Phi) is 3.66. The third-order valence-electron chi connectivity index (χ3n) is 1.83. The van der Waals surface area contributed by atoms with Crippen molar-refractivity contribution >= 4 is 44.8 Å². The van der Waals surface area contributed by atoms with Crippen molar-refractivity contribution in [2.24, 2.45) is 0 Å². The molecule has 0 saturated carbocycles. The summed E-state index contributed by atoms with van der Waals surface area (Å²) in [6.07, 6.45) is 0. The van der Waals surface area contributed by atoms with E-state index >= 15 is 0 Å². The van der Waals surface area contributed by atoms with Crippen LogP contribution in [0, 0.1) is 0 Å². The highest BCUT2D eigenvalue weighted by Gasteiger charge is 2.13. The first-order chi connectivity index (χ1) is 8.06. The van der Waals surface area contributed by atoms with Crippen LogP contribution in [0.25, 0.3) is 0 Å². The van der Waals surface area contributed by atoms with Crippen LogP contribution in [-0.4, -0.2) is 16.1 Å². The number of aromatic nitrogens is 1. The number of thiazole rings is 1. The summed E-state index contributed by atoms with van der Waals surface area (Å²) in [6, 6.07) is 4.33. The van der Waals surface area contributed by atoms with Gasteiger partial charge in [0.05, 0.1) is 0 Å². The largest absolute Gasteiger partial charge is 0.478 e. The smallest absolute Gasteiger partial charge is 0.339 e. The number of carboxylic acid groups (broad SMARTS) is 1. The van der Waals surface area contributed by atoms with E-state index in [1.54, 1.807) is 5.38 Å². The van der Waals surface area contributed by atoms with Crippen molar-refractivity contribution < 1.29 is 14.6 Å². The zero-order valence-electron chi connectivity index (χ0n) is 8.18. The van der Waals surface area contributed by atoms with Crippen molar-refractivity contribution in [1.29, 1.82) is 0 Å². The van der Waals surface area contributed by atoms with Gasteiger partial charge in [-0.3, -0.25) is 0 Å². The van der Waals surface area contributed by atoms with E-state index in [2.05, 4.69) is 20.9 Å². The van der Waals surface area contributed by atoms with Gasteiger partial charge in [-0.25, -0.2) is 4.79 Å². The van der Waals surface area contributed by atoms with Crippen molar-refractivity contribution in [1.82, 2.24) is 4.98 Å². The van der Waals surface area contributed by atoms with Gasteiger partial charge in [0.25, 0.3) is 5.19 Å². The van der Waals surface area contributed by atoms with Crippen LogP contribution in [0.4, 0.5) is 0 Å². The lowest BCUT2D eigenvalue weighted by molar-refractivity contribution is 0.0694. The number of nitrogens with zero attached hydrogens (tertiary/aromatic N) is 1. The molecule has 0 bridgehead atoms. The van der Waals surface area contributed by atoms with E-state index in [0.29, 0.717) is 14.8 Å². The van der Waals surface area contributed by atoms with Gasteiger partial charge in [-0.05, 0) is 28.1 Å². The van der Waals surface area contributed by atoms with Crippen LogP contribution >= 0.6 is 38.9 Å². The maximum Gasteiger partial charge on any atom is 0.339 e. The molecule has 0 amide bonds. The Morgan fingerprint density at radius 3 is 2.88 bits per heavy atom. The predicted octanol–water partition coefficient (Wildman–Crippen LogP) is 4.05. The molecule has 1 aromatic heterocycles. The molecule has 0 saturated heterocycles. The molecular weight excluding hydrogens is 330 g/mol. The number of carboxylic acids is 1. The van der Waals surface area contributed by atoms with E-state index in [1.165, 1.54) is 29.5 Å². The van der Waals surface area contributed by atoms with E-state index in [-0.39, 0.29) is 11.3 Å². The summed E-state index contributed by atoms with van der Waals surface area (Å²) in [4.78, 5) is 15.0. The number of carbonyl (C=O) groups is 1. The van der Waals surface area contributed by atoms with Crippen molar-refractivity contribution in [3.8, 4) is 10.9 Å². The van der Waals surface area contributed by atoms with Gasteiger partial charge in [-0.1, -0.05) is 22.9 Å². The van der Waals surface area contributed by atoms with Crippen molar-refractivity contribution in [2.45, 2.75) is 0 Å². The number of benzene rings is 1. The number of aromatic carboxylic acids is 1. The van der Waals surface area contributed by atoms with E-state index in [4.69, 9.17) is 21.4 Å². The van der Waals surface area contributed by atoms with Gasteiger partial charge in [0.1, 0.15) is 15.9 Å². The minimum Gasteiger partial charge on any atom is -0.478 e. The SMILES string of the molecule is O=C(O)c1ccc(Cl)cc1Oc1nc(Br)cs1. The highest BCUT2D eigenvalue weighted by molar-refractivity contribution is 9.10. The van der Waals surface area contributed by atoms with Gasteiger partial charge in [0, 0.05) is 16.5 Å². The number of ether oxygens (including phenoxy) is 1. The topological polar surface area (TPSA) is 59.4 Å². The fraction of sp³-hybridized carbons (Fsp3) is 0. The molecule has 0 spiro atoms. The Balaban J connectivity index is 2.37. The first-order valence-corrected chi connectivity index (χ1v) is 6.43. The maximum atomic E-state index is 11.0. The van der Waals surface area contributed by atoms with Crippen LogP contribution in [0.3, 0.4) is 0 Å². The van der Waals surface area contributed by atoms with Crippen LogP contribution in [0.5, 0.6) is 10.9 Å². The summed E-state index contributed by atoms with van der Waals surface area (Å²) in [5, 5.41) is 11.5. The molecule has 2 rings (SSSR count). The Labute approximate surface area is 114 Å². The van der Waals surface area contributed by atoms with Gasteiger partial charge >= 0.3 is 5.97 Å². The Morgan fingerprint density at radius 2 is 2.29 bits per heavy atom. The van der Waals surface area contributed by atoms with Crippen LogP contribution in [0.15, 0.2) is 28.2 Å². The predicted molar refractivity (Wildman–Crippen MR) is 68.3 cm³/mol. The second-order valence-corrected chi connectivity index (χ2v) is 5.05. The van der Waals surface area contributed by atoms with Gasteiger partial charge in [-0.2, -0.15) is 4.98 Å². The molecule has 2 aromatic rings. The third-order valence-corrected chi connectivity index (χ3v) is 3.49. The molecule has 17 heavy (non-hydrogen) atoms. The highest BCUT2D eigenvalue weighted by Crippen LogP contribution is 2.31. The third kappa shape index (κ3) is 2.96. The van der Waals surface area contributed by atoms with E-state index < -0.39 is 5.97 Å². The average Bonchev–Trinajstić information content (AvgIpc) is 2.63. The summed E-state index contributed by atoms with van der Waals surface area (Å²) in [5.41, 5.74) is 0.0423. The van der Waals surface area contributed by atoms with Crippen LogP contribution in [0.2, 0.25) is 5.02 Å². The van der Waals surface area contributed by atoms with Crippen molar-refractivity contribution in [3.63, 3.8) is 0 Å². The average molecular weight is 335 g/mol. The Bertz CT molecular complexity index is 572. The first kappa shape index (κ1) is 12.3. The molecule has 88 valence electrons. The minimum atomic E-state index is -1.08. The van der Waals surface area contributed by atoms with Crippen LogP contribution in [-0.2, 0) is 0 Å². The second-order valence-electron chi connectivity index (χ2n) is 2.98. The van der Waals surface area contributed by atoms with Crippen molar-refractivity contribution in [3.05, 3.63) is 38.8 Å². The lowest BCUT2D eigenvalue weighted by Crippen LogP contribution is -1.99. The summed E-state index contributed by atoms with van der Waals surface area (Å²) in [6.45, 7) is 0. The number of halogens is 2. The lowest BCUT2D eigenvalue weighted by atomic mass is 10.2. The van der Waals surface area contributed by atoms with E-state index in [0.717, 1.165) is 0 Å². The van der Waals surface area contributed by atoms with Crippen LogP contribution in [0.1, 0.15) is 10.4 Å². The van der Waals surface area contributed by atoms with Gasteiger partial charge in [0.15, 0.2) is 0 Å². The number of hydrogen-bond donors (Lipinski definition) is 1. The monoisotopic (exact) mass is 333 g/mol. The molecule has 0 radical (unpaired) electrons. The molecule has 0 aliphatic heterocycles. The zero-order chi connectivity index (χ0) is 12.4. The summed E-state index contributed by atoms with van der Waals surface area (Å²) < 4.78 is 6.02. The van der Waals surface area contributed by atoms with Gasteiger partial charge in [0.2, 0.25) is 0 Å². The van der Waals surface area contributed by atoms with Gasteiger partial charge < -0.3 is 9.84 Å². The Morgan fingerprint density at radius 1 is 1.53 bits per heavy atom. The molecule has 4 nitrogen and oxygen atoms in total. The standard InChI is InChI=1S/C10H5BrClNO3S/c11-8-4-17-10(13-8)16-7-3-5(12)1-2-6(7)9(14)15/h1-4H,(H,14,15). The Hall–Kier alpha value is -1.11. The van der Waals surface area contributed by atoms with E-state index in [1.807, 2.05) is 0 Å². The zero-order valence-corrected chi connectivity index (χ0v) is 11.3. The summed E-state index contributed by atoms with van der Waals surface area (Å²) in [7, 11) is 0. The summed E-state index contributed by atoms with van der Waals surface area (Å²) in [5.74, 6) is -0.904. The maximum absolute atomic E-state index is 11.0. The molecule has 0 aliphatic rings. The molecular formula is C10H5BrClNO3S. The number of hydrogen-bond acceptors (Lipinski definition) is 4. The first-order valence-electron chi connectivity index (χ1n) is 4.38. The molecule has 0 aliphatic carbocycles. The molecule has 0 unspecified atom stereocenters. The minimum absolute atomic E-state index is 0.0423. The van der Waals surface area contributed by atoms with Gasteiger partial charge in [-0.15, -0.1) is 0 Å². The molecule has 7 heteroatoms. The second kappa shape index (κ2) is 5.03. The van der Waals surface area contributed by atoms with Crippen LogP contribution < -0.4 is 4.74 Å². The highest BCUT2D eigenvalue weighted by atomic mass is 79.9. The summed E-state index contributed by atoms with van der Waals surface area (Å²) >= 11 is 10.2. The fourth-order valence-corrected chi connectivity index (χ4v) is 2.40. The molecule has 1 heterocycles. The van der Waals surface area contributed by atoms with E-state index in [9.17, 15) is 4.79 Å². The normalized spacial score (nSPS) is 10.2.